The molecule has 2 aliphatic carbocycles. The fourth-order valence-electron chi connectivity index (χ4n) is 3.33. The van der Waals surface area contributed by atoms with Crippen LogP contribution in [0, 0.1) is 11.8 Å². The van der Waals surface area contributed by atoms with Gasteiger partial charge >= 0.3 is 0 Å². The summed E-state index contributed by atoms with van der Waals surface area (Å²) in [6, 6.07) is 0. The molecule has 1 N–H and O–H groups in total. The Labute approximate surface area is 99.9 Å². The molecule has 0 radical (unpaired) electrons. The van der Waals surface area contributed by atoms with Crippen molar-refractivity contribution in [2.45, 2.75) is 70.6 Å². The highest BCUT2D eigenvalue weighted by Gasteiger charge is 2.16. The predicted octanol–water partition coefficient (Wildman–Crippen LogP) is 4.98. The Bertz CT molecular complexity index is 220. The minimum Gasteiger partial charge on any atom is -0.513 e. The molecule has 0 aromatic carbocycles. The Morgan fingerprint density at radius 1 is 0.875 bits per heavy atom. The van der Waals surface area contributed by atoms with Crippen LogP contribution in [0.15, 0.2) is 11.8 Å². The Kier molecular flexibility index (Phi) is 4.74. The maximum atomic E-state index is 10.0. The quantitative estimate of drug-likeness (QED) is 0.668. The molecule has 0 spiro atoms. The smallest absolute Gasteiger partial charge is 0.0888 e. The molecule has 0 amide bonds. The highest BCUT2D eigenvalue weighted by molar-refractivity contribution is 4.97. The van der Waals surface area contributed by atoms with Crippen molar-refractivity contribution in [3.8, 4) is 0 Å². The van der Waals surface area contributed by atoms with Crippen molar-refractivity contribution in [1.29, 1.82) is 0 Å². The summed E-state index contributed by atoms with van der Waals surface area (Å²) in [4.78, 5) is 0. The Morgan fingerprint density at radius 2 is 1.44 bits per heavy atom. The van der Waals surface area contributed by atoms with Crippen LogP contribution in [0.1, 0.15) is 70.6 Å². The van der Waals surface area contributed by atoms with Crippen molar-refractivity contribution >= 4 is 0 Å². The summed E-state index contributed by atoms with van der Waals surface area (Å²) in [5.41, 5.74) is 0. The molecule has 92 valence electrons. The molecular formula is C15H26O. The third-order valence-corrected chi connectivity index (χ3v) is 4.30. The molecule has 0 atom stereocenters. The monoisotopic (exact) mass is 222 g/mol. The van der Waals surface area contributed by atoms with E-state index in [4.69, 9.17) is 0 Å². The van der Waals surface area contributed by atoms with Gasteiger partial charge in [-0.05, 0) is 30.8 Å². The van der Waals surface area contributed by atoms with Crippen molar-refractivity contribution in [3.63, 3.8) is 0 Å². The van der Waals surface area contributed by atoms with E-state index in [2.05, 4.69) is 6.08 Å². The van der Waals surface area contributed by atoms with Gasteiger partial charge in [0.1, 0.15) is 0 Å². The number of hydrogen-bond acceptors (Lipinski definition) is 1. The topological polar surface area (TPSA) is 20.2 Å². The Morgan fingerprint density at radius 3 is 2.06 bits per heavy atom. The highest BCUT2D eigenvalue weighted by Crippen LogP contribution is 2.30. The SMILES string of the molecule is OC(=CC1CCCCC1)CC1CCCCC1. The molecule has 0 heterocycles. The van der Waals surface area contributed by atoms with E-state index < -0.39 is 0 Å². The van der Waals surface area contributed by atoms with Gasteiger partial charge < -0.3 is 5.11 Å². The zero-order valence-corrected chi connectivity index (χ0v) is 10.5. The second-order valence-corrected chi connectivity index (χ2v) is 5.76. The van der Waals surface area contributed by atoms with Crippen LogP contribution in [0.4, 0.5) is 0 Å². The van der Waals surface area contributed by atoms with Crippen molar-refractivity contribution in [2.75, 3.05) is 0 Å². The van der Waals surface area contributed by atoms with Gasteiger partial charge in [-0.3, -0.25) is 0 Å². The van der Waals surface area contributed by atoms with E-state index in [0.717, 1.165) is 12.3 Å². The predicted molar refractivity (Wildman–Crippen MR) is 68.5 cm³/mol. The molecule has 0 aromatic heterocycles. The summed E-state index contributed by atoms with van der Waals surface area (Å²) in [5, 5.41) is 10.0. The molecule has 16 heavy (non-hydrogen) atoms. The standard InChI is InChI=1S/C15H26O/c16-15(11-13-7-3-1-4-8-13)12-14-9-5-2-6-10-14/h11,13-14,16H,1-10,12H2. The molecule has 0 aromatic rings. The maximum Gasteiger partial charge on any atom is 0.0888 e. The summed E-state index contributed by atoms with van der Waals surface area (Å²) >= 11 is 0. The Hall–Kier alpha value is -0.460. The van der Waals surface area contributed by atoms with E-state index >= 15 is 0 Å². The van der Waals surface area contributed by atoms with Gasteiger partial charge in [-0.2, -0.15) is 0 Å². The van der Waals surface area contributed by atoms with Gasteiger partial charge in [-0.25, -0.2) is 0 Å². The van der Waals surface area contributed by atoms with E-state index in [-0.39, 0.29) is 0 Å². The van der Waals surface area contributed by atoms with Crippen LogP contribution in [0.3, 0.4) is 0 Å². The molecule has 1 nitrogen and oxygen atoms in total. The third kappa shape index (κ3) is 3.84. The first-order valence-electron chi connectivity index (χ1n) is 7.24. The Balaban J connectivity index is 1.76. The third-order valence-electron chi connectivity index (χ3n) is 4.30. The lowest BCUT2D eigenvalue weighted by Crippen LogP contribution is -2.09. The van der Waals surface area contributed by atoms with E-state index in [1.165, 1.54) is 64.2 Å². The number of aliphatic hydroxyl groups is 1. The first-order valence-corrected chi connectivity index (χ1v) is 7.24. The van der Waals surface area contributed by atoms with Crippen LogP contribution >= 0.6 is 0 Å². The molecule has 0 unspecified atom stereocenters. The summed E-state index contributed by atoms with van der Waals surface area (Å²) in [6.45, 7) is 0. The van der Waals surface area contributed by atoms with Crippen molar-refractivity contribution < 1.29 is 5.11 Å². The summed E-state index contributed by atoms with van der Waals surface area (Å²) < 4.78 is 0. The maximum absolute atomic E-state index is 10.0. The van der Waals surface area contributed by atoms with Crippen molar-refractivity contribution in [1.82, 2.24) is 0 Å². The lowest BCUT2D eigenvalue weighted by Gasteiger charge is -2.22. The number of rotatable bonds is 3. The van der Waals surface area contributed by atoms with E-state index in [9.17, 15) is 5.11 Å². The van der Waals surface area contributed by atoms with Crippen LogP contribution in [-0.2, 0) is 0 Å². The lowest BCUT2D eigenvalue weighted by atomic mass is 9.84. The molecule has 0 saturated heterocycles. The number of allylic oxidation sites excluding steroid dienone is 2. The van der Waals surface area contributed by atoms with Crippen LogP contribution in [0.25, 0.3) is 0 Å². The fourth-order valence-corrected chi connectivity index (χ4v) is 3.33. The van der Waals surface area contributed by atoms with Crippen molar-refractivity contribution in [3.05, 3.63) is 11.8 Å². The van der Waals surface area contributed by atoms with Gasteiger partial charge in [0.05, 0.1) is 5.76 Å². The molecule has 0 aliphatic heterocycles. The molecular weight excluding hydrogens is 196 g/mol. The number of hydrogen-bond donors (Lipinski definition) is 1. The molecule has 2 aliphatic rings. The van der Waals surface area contributed by atoms with Crippen LogP contribution in [0.5, 0.6) is 0 Å². The second kappa shape index (κ2) is 6.32. The van der Waals surface area contributed by atoms with Gasteiger partial charge in [0.2, 0.25) is 0 Å². The zero-order valence-electron chi connectivity index (χ0n) is 10.5. The summed E-state index contributed by atoms with van der Waals surface area (Å²) in [5.74, 6) is 2.14. The molecule has 2 rings (SSSR count). The minimum absolute atomic E-state index is 0.678. The van der Waals surface area contributed by atoms with Crippen LogP contribution < -0.4 is 0 Å². The van der Waals surface area contributed by atoms with Gasteiger partial charge in [0.25, 0.3) is 0 Å². The normalized spacial score (nSPS) is 25.9. The largest absolute Gasteiger partial charge is 0.513 e. The number of aliphatic hydroxyl groups excluding tert-OH is 1. The van der Waals surface area contributed by atoms with Crippen LogP contribution in [0.2, 0.25) is 0 Å². The lowest BCUT2D eigenvalue weighted by molar-refractivity contribution is 0.289. The highest BCUT2D eigenvalue weighted by atomic mass is 16.3. The molecule has 2 fully saturated rings. The van der Waals surface area contributed by atoms with Crippen molar-refractivity contribution in [2.24, 2.45) is 11.8 Å². The minimum atomic E-state index is 0.678. The first kappa shape index (κ1) is 12.0. The zero-order chi connectivity index (χ0) is 11.2. The molecule has 0 bridgehead atoms. The first-order chi connectivity index (χ1) is 7.84. The van der Waals surface area contributed by atoms with Gasteiger partial charge in [-0.15, -0.1) is 0 Å². The van der Waals surface area contributed by atoms with Gasteiger partial charge in [-0.1, -0.05) is 51.4 Å². The van der Waals surface area contributed by atoms with E-state index in [0.29, 0.717) is 11.7 Å². The van der Waals surface area contributed by atoms with E-state index in [1.807, 2.05) is 0 Å². The summed E-state index contributed by atoms with van der Waals surface area (Å²) in [7, 11) is 0. The van der Waals surface area contributed by atoms with E-state index in [1.54, 1.807) is 0 Å². The second-order valence-electron chi connectivity index (χ2n) is 5.76. The van der Waals surface area contributed by atoms with Gasteiger partial charge in [0.15, 0.2) is 0 Å². The molecule has 2 saturated carbocycles. The summed E-state index contributed by atoms with van der Waals surface area (Å²) in [6.07, 6.45) is 16.7. The average molecular weight is 222 g/mol. The average Bonchev–Trinajstić information content (AvgIpc) is 2.31. The fraction of sp³-hybridized carbons (Fsp3) is 0.867. The van der Waals surface area contributed by atoms with Crippen LogP contribution in [-0.4, -0.2) is 5.11 Å². The molecule has 1 heteroatoms. The van der Waals surface area contributed by atoms with Gasteiger partial charge in [0, 0.05) is 6.42 Å².